The molecule has 0 aliphatic carbocycles. The van der Waals surface area contributed by atoms with E-state index in [0.29, 0.717) is 22.4 Å². The van der Waals surface area contributed by atoms with Crippen molar-refractivity contribution in [2.75, 3.05) is 14.2 Å². The zero-order valence-electron chi connectivity index (χ0n) is 17.5. The van der Waals surface area contributed by atoms with Crippen LogP contribution >= 0.6 is 0 Å². The van der Waals surface area contributed by atoms with E-state index in [2.05, 4.69) is 10.3 Å². The molecule has 0 bridgehead atoms. The average molecular weight is 418 g/mol. The molecule has 2 aromatic carbocycles. The van der Waals surface area contributed by atoms with Gasteiger partial charge in [0.1, 0.15) is 13.7 Å². The van der Waals surface area contributed by atoms with Gasteiger partial charge in [0.05, 0.1) is 12.8 Å². The lowest BCUT2D eigenvalue weighted by molar-refractivity contribution is -0.132. The Morgan fingerprint density at radius 1 is 1.03 bits per heavy atom. The molecule has 0 aliphatic rings. The molecule has 8 heteroatoms. The van der Waals surface area contributed by atoms with Gasteiger partial charge in [0.25, 0.3) is 5.92 Å². The van der Waals surface area contributed by atoms with Gasteiger partial charge in [0.2, 0.25) is 0 Å². The SMILES string of the molecule is CO/N=C(/C(=O)OC)c1cccc(C)c1CO/N=C(\C)c1ccccc1C(C)(F)F. The predicted molar refractivity (Wildman–Crippen MR) is 110 cm³/mol. The van der Waals surface area contributed by atoms with Gasteiger partial charge in [-0.3, -0.25) is 0 Å². The summed E-state index contributed by atoms with van der Waals surface area (Å²) in [6.45, 7) is 4.26. The first-order chi connectivity index (χ1) is 14.2. The minimum absolute atomic E-state index is 0.0102. The Labute approximate surface area is 174 Å². The minimum Gasteiger partial charge on any atom is -0.464 e. The quantitative estimate of drug-likeness (QED) is 0.358. The Balaban J connectivity index is 2.33. The number of methoxy groups -OCH3 is 1. The standard InChI is InChI=1S/C22H24F2N2O4/c1-14-9-8-11-17(20(26-29-5)21(27)28-4)18(14)13-30-25-15(2)16-10-6-7-12-19(16)22(3,23)24/h6-12H,13H2,1-5H3/b25-15+,26-20+. The summed E-state index contributed by atoms with van der Waals surface area (Å²) in [4.78, 5) is 22.3. The van der Waals surface area contributed by atoms with Crippen LogP contribution in [-0.4, -0.2) is 31.6 Å². The molecule has 0 saturated carbocycles. The third-order valence-corrected chi connectivity index (χ3v) is 4.43. The summed E-state index contributed by atoms with van der Waals surface area (Å²) in [5.74, 6) is -3.68. The fourth-order valence-corrected chi connectivity index (χ4v) is 2.92. The molecule has 0 unspecified atom stereocenters. The number of nitrogens with zero attached hydrogens (tertiary/aromatic N) is 2. The zero-order chi connectivity index (χ0) is 22.3. The Kier molecular flexibility index (Phi) is 7.63. The molecule has 0 fully saturated rings. The van der Waals surface area contributed by atoms with E-state index >= 15 is 0 Å². The molecular formula is C22H24F2N2O4. The first-order valence-electron chi connectivity index (χ1n) is 9.13. The van der Waals surface area contributed by atoms with Crippen molar-refractivity contribution in [2.24, 2.45) is 10.3 Å². The van der Waals surface area contributed by atoms with Crippen LogP contribution in [0.2, 0.25) is 0 Å². The number of alkyl halides is 2. The molecule has 0 aromatic heterocycles. The number of ether oxygens (including phenoxy) is 1. The summed E-state index contributed by atoms with van der Waals surface area (Å²) in [6.07, 6.45) is 0. The van der Waals surface area contributed by atoms with Crippen LogP contribution in [0.1, 0.15) is 41.7 Å². The van der Waals surface area contributed by atoms with Gasteiger partial charge < -0.3 is 14.4 Å². The number of aryl methyl sites for hydroxylation is 1. The van der Waals surface area contributed by atoms with Gasteiger partial charge >= 0.3 is 5.97 Å². The van der Waals surface area contributed by atoms with Crippen LogP contribution in [0.25, 0.3) is 0 Å². The molecule has 0 spiro atoms. The second-order valence-corrected chi connectivity index (χ2v) is 6.60. The summed E-state index contributed by atoms with van der Waals surface area (Å²) in [5, 5.41) is 7.78. The highest BCUT2D eigenvalue weighted by atomic mass is 19.3. The Bertz CT molecular complexity index is 966. The number of carbonyl (C=O) groups is 1. The fraction of sp³-hybridized carbons (Fsp3) is 0.318. The molecule has 0 amide bonds. The number of oxime groups is 2. The molecule has 0 radical (unpaired) electrons. The van der Waals surface area contributed by atoms with E-state index in [-0.39, 0.29) is 17.9 Å². The first-order valence-corrected chi connectivity index (χ1v) is 9.13. The van der Waals surface area contributed by atoms with E-state index in [4.69, 9.17) is 14.4 Å². The van der Waals surface area contributed by atoms with E-state index in [9.17, 15) is 13.6 Å². The van der Waals surface area contributed by atoms with Crippen molar-refractivity contribution < 1.29 is 28.0 Å². The van der Waals surface area contributed by atoms with E-state index in [1.165, 1.54) is 20.3 Å². The van der Waals surface area contributed by atoms with Crippen molar-refractivity contribution >= 4 is 17.4 Å². The van der Waals surface area contributed by atoms with Gasteiger partial charge in [-0.15, -0.1) is 0 Å². The second-order valence-electron chi connectivity index (χ2n) is 6.60. The van der Waals surface area contributed by atoms with Crippen molar-refractivity contribution in [3.63, 3.8) is 0 Å². The molecule has 2 aromatic rings. The van der Waals surface area contributed by atoms with Crippen LogP contribution in [0, 0.1) is 6.92 Å². The van der Waals surface area contributed by atoms with Crippen molar-refractivity contribution in [3.8, 4) is 0 Å². The zero-order valence-corrected chi connectivity index (χ0v) is 17.5. The normalized spacial score (nSPS) is 12.5. The summed E-state index contributed by atoms with van der Waals surface area (Å²) >= 11 is 0. The smallest absolute Gasteiger partial charge is 0.360 e. The van der Waals surface area contributed by atoms with Crippen LogP contribution in [0.5, 0.6) is 0 Å². The highest BCUT2D eigenvalue weighted by molar-refractivity contribution is 6.43. The lowest BCUT2D eigenvalue weighted by atomic mass is 9.99. The number of hydrogen-bond acceptors (Lipinski definition) is 6. The lowest BCUT2D eigenvalue weighted by Crippen LogP contribution is -2.20. The van der Waals surface area contributed by atoms with E-state index in [0.717, 1.165) is 12.5 Å². The molecule has 2 rings (SSSR count). The van der Waals surface area contributed by atoms with Crippen molar-refractivity contribution in [1.29, 1.82) is 0 Å². The molecule has 0 N–H and O–H groups in total. The fourth-order valence-electron chi connectivity index (χ4n) is 2.92. The highest BCUT2D eigenvalue weighted by Crippen LogP contribution is 2.30. The minimum atomic E-state index is -3.01. The third-order valence-electron chi connectivity index (χ3n) is 4.43. The molecular weight excluding hydrogens is 394 g/mol. The maximum atomic E-state index is 13.9. The number of benzene rings is 2. The molecule has 30 heavy (non-hydrogen) atoms. The average Bonchev–Trinajstić information content (AvgIpc) is 2.72. The van der Waals surface area contributed by atoms with Crippen LogP contribution in [0.3, 0.4) is 0 Å². The topological polar surface area (TPSA) is 69.5 Å². The van der Waals surface area contributed by atoms with Crippen LogP contribution in [0.15, 0.2) is 52.8 Å². The van der Waals surface area contributed by atoms with Gasteiger partial charge in [-0.1, -0.05) is 52.8 Å². The maximum Gasteiger partial charge on any atom is 0.360 e. The van der Waals surface area contributed by atoms with Crippen molar-refractivity contribution in [1.82, 2.24) is 0 Å². The third kappa shape index (κ3) is 5.40. The van der Waals surface area contributed by atoms with E-state index < -0.39 is 11.9 Å². The molecule has 0 saturated heterocycles. The number of hydrogen-bond donors (Lipinski definition) is 0. The number of halogens is 2. The van der Waals surface area contributed by atoms with E-state index in [1.807, 2.05) is 13.0 Å². The molecule has 160 valence electrons. The summed E-state index contributed by atoms with van der Waals surface area (Å²) < 4.78 is 32.5. The number of rotatable bonds is 8. The molecule has 0 atom stereocenters. The Morgan fingerprint density at radius 3 is 2.33 bits per heavy atom. The molecule has 0 aliphatic heterocycles. The Morgan fingerprint density at radius 2 is 1.70 bits per heavy atom. The maximum absolute atomic E-state index is 13.9. The summed E-state index contributed by atoms with van der Waals surface area (Å²) in [6, 6.07) is 11.4. The first kappa shape index (κ1) is 23.0. The van der Waals surface area contributed by atoms with Gasteiger partial charge in [-0.2, -0.15) is 0 Å². The van der Waals surface area contributed by atoms with Crippen LogP contribution in [0.4, 0.5) is 8.78 Å². The van der Waals surface area contributed by atoms with Gasteiger partial charge in [0, 0.05) is 29.2 Å². The van der Waals surface area contributed by atoms with Gasteiger partial charge in [-0.05, 0) is 19.4 Å². The number of carbonyl (C=O) groups excluding carboxylic acids is 1. The number of esters is 1. The second kappa shape index (κ2) is 9.96. The van der Waals surface area contributed by atoms with Gasteiger partial charge in [-0.25, -0.2) is 13.6 Å². The predicted octanol–water partition coefficient (Wildman–Crippen LogP) is 4.57. The molecule has 6 nitrogen and oxygen atoms in total. The van der Waals surface area contributed by atoms with E-state index in [1.54, 1.807) is 37.3 Å². The van der Waals surface area contributed by atoms with Crippen molar-refractivity contribution in [3.05, 3.63) is 70.3 Å². The van der Waals surface area contributed by atoms with Crippen LogP contribution < -0.4 is 0 Å². The Hall–Kier alpha value is -3.29. The van der Waals surface area contributed by atoms with Crippen LogP contribution in [-0.2, 0) is 31.7 Å². The van der Waals surface area contributed by atoms with Gasteiger partial charge in [0.15, 0.2) is 5.71 Å². The van der Waals surface area contributed by atoms with Crippen molar-refractivity contribution in [2.45, 2.75) is 33.3 Å². The summed E-state index contributed by atoms with van der Waals surface area (Å²) in [5.41, 5.74) is 2.40. The lowest BCUT2D eigenvalue weighted by Gasteiger charge is -2.15. The highest BCUT2D eigenvalue weighted by Gasteiger charge is 2.28. The molecule has 0 heterocycles. The summed E-state index contributed by atoms with van der Waals surface area (Å²) in [7, 11) is 2.57. The largest absolute Gasteiger partial charge is 0.464 e. The monoisotopic (exact) mass is 418 g/mol.